The smallest absolute Gasteiger partial charge is 0.0528 e. The van der Waals surface area contributed by atoms with E-state index < -0.39 is 0 Å². The van der Waals surface area contributed by atoms with Gasteiger partial charge in [0.15, 0.2) is 0 Å². The van der Waals surface area contributed by atoms with Crippen LogP contribution in [0.15, 0.2) is 170 Å². The minimum absolute atomic E-state index is 0.259. The number of hydrogen-bond acceptors (Lipinski definition) is 2. The SMILES string of the molecule is C1=C(c2ccc3c(-c4ccccc4)c4ccccc4c(-c4ccccc4)c3c2)CC2C(=C1)N(c1ccccc1)c1ccncc12. The molecule has 0 radical (unpaired) electrons. The molecule has 45 heavy (non-hydrogen) atoms. The third kappa shape index (κ3) is 4.14. The van der Waals surface area contributed by atoms with E-state index in [9.17, 15) is 0 Å². The van der Waals surface area contributed by atoms with Gasteiger partial charge in [0, 0.05) is 35.3 Å². The fourth-order valence-corrected chi connectivity index (χ4v) is 7.49. The molecule has 0 saturated carbocycles. The number of hydrogen-bond donors (Lipinski definition) is 0. The largest absolute Gasteiger partial charge is 0.313 e. The Morgan fingerprint density at radius 1 is 0.533 bits per heavy atom. The van der Waals surface area contributed by atoms with Gasteiger partial charge in [0.1, 0.15) is 0 Å². The molecule has 9 rings (SSSR count). The molecule has 0 amide bonds. The maximum absolute atomic E-state index is 4.55. The standard InChI is InChI=1S/C43H30N2/c1-4-12-29(13-5-1)42-34-18-10-11-19-35(34)43(30-14-6-2-7-15-30)38-27-31(20-22-36(38)42)32-21-23-40-37(26-32)39-28-44-25-24-41(39)45(40)33-16-8-3-9-17-33/h1-25,27-28,37H,26H2. The third-order valence-corrected chi connectivity index (χ3v) is 9.47. The minimum Gasteiger partial charge on any atom is -0.313 e. The summed E-state index contributed by atoms with van der Waals surface area (Å²) in [5.41, 5.74) is 12.7. The Morgan fingerprint density at radius 2 is 1.13 bits per heavy atom. The molecule has 2 heteroatoms. The van der Waals surface area contributed by atoms with Crippen LogP contribution in [-0.2, 0) is 0 Å². The summed E-state index contributed by atoms with van der Waals surface area (Å²) in [6, 6.07) is 50.5. The fraction of sp³-hybridized carbons (Fsp3) is 0.0465. The van der Waals surface area contributed by atoms with E-state index in [0.717, 1.165) is 6.42 Å². The normalized spacial score (nSPS) is 15.5. The molecule has 0 spiro atoms. The second-order valence-electron chi connectivity index (χ2n) is 11.9. The monoisotopic (exact) mass is 574 g/mol. The van der Waals surface area contributed by atoms with Gasteiger partial charge in [-0.25, -0.2) is 0 Å². The molecular weight excluding hydrogens is 544 g/mol. The number of pyridine rings is 1. The van der Waals surface area contributed by atoms with Gasteiger partial charge < -0.3 is 4.90 Å². The fourth-order valence-electron chi connectivity index (χ4n) is 7.49. The van der Waals surface area contributed by atoms with Crippen molar-refractivity contribution in [2.75, 3.05) is 4.90 Å². The van der Waals surface area contributed by atoms with E-state index in [2.05, 4.69) is 168 Å². The number of allylic oxidation sites excluding steroid dienone is 4. The van der Waals surface area contributed by atoms with Crippen LogP contribution in [0.25, 0.3) is 49.4 Å². The highest BCUT2D eigenvalue weighted by molar-refractivity contribution is 6.21. The van der Waals surface area contributed by atoms with E-state index in [1.807, 2.05) is 6.20 Å². The highest BCUT2D eigenvalue weighted by Gasteiger charge is 2.36. The summed E-state index contributed by atoms with van der Waals surface area (Å²) in [6.45, 7) is 0. The molecule has 0 saturated heterocycles. The quantitative estimate of drug-likeness (QED) is 0.194. The van der Waals surface area contributed by atoms with E-state index in [1.165, 1.54) is 77.6 Å². The van der Waals surface area contributed by atoms with Crippen LogP contribution < -0.4 is 4.90 Å². The molecule has 7 aromatic rings. The summed E-state index contributed by atoms with van der Waals surface area (Å²) in [7, 11) is 0. The van der Waals surface area contributed by atoms with Gasteiger partial charge in [-0.15, -0.1) is 0 Å². The predicted octanol–water partition coefficient (Wildman–Crippen LogP) is 11.3. The van der Waals surface area contributed by atoms with Crippen molar-refractivity contribution in [1.82, 2.24) is 4.98 Å². The zero-order chi connectivity index (χ0) is 29.7. The lowest BCUT2D eigenvalue weighted by Gasteiger charge is -2.26. The van der Waals surface area contributed by atoms with Crippen molar-refractivity contribution >= 4 is 38.5 Å². The van der Waals surface area contributed by atoms with Crippen molar-refractivity contribution in [1.29, 1.82) is 0 Å². The maximum Gasteiger partial charge on any atom is 0.0528 e. The first kappa shape index (κ1) is 25.7. The summed E-state index contributed by atoms with van der Waals surface area (Å²) < 4.78 is 0. The highest BCUT2D eigenvalue weighted by Crippen LogP contribution is 2.53. The number of fused-ring (bicyclic) bond motifs is 5. The van der Waals surface area contributed by atoms with Crippen molar-refractivity contribution in [2.45, 2.75) is 12.3 Å². The van der Waals surface area contributed by atoms with Crippen LogP contribution >= 0.6 is 0 Å². The van der Waals surface area contributed by atoms with Gasteiger partial charge in [-0.2, -0.15) is 0 Å². The lowest BCUT2D eigenvalue weighted by molar-refractivity contribution is 0.828. The summed E-state index contributed by atoms with van der Waals surface area (Å²) >= 11 is 0. The topological polar surface area (TPSA) is 16.1 Å². The first-order valence-electron chi connectivity index (χ1n) is 15.6. The van der Waals surface area contributed by atoms with Gasteiger partial charge in [0.2, 0.25) is 0 Å². The van der Waals surface area contributed by atoms with Gasteiger partial charge >= 0.3 is 0 Å². The number of rotatable bonds is 4. The average Bonchev–Trinajstić information content (AvgIpc) is 3.45. The average molecular weight is 575 g/mol. The Kier molecular flexibility index (Phi) is 5.99. The zero-order valence-corrected chi connectivity index (χ0v) is 24.8. The van der Waals surface area contributed by atoms with Crippen molar-refractivity contribution < 1.29 is 0 Å². The van der Waals surface area contributed by atoms with E-state index in [-0.39, 0.29) is 5.92 Å². The third-order valence-electron chi connectivity index (χ3n) is 9.47. The van der Waals surface area contributed by atoms with Gasteiger partial charge in [0.05, 0.1) is 5.69 Å². The molecule has 6 aromatic carbocycles. The zero-order valence-electron chi connectivity index (χ0n) is 24.8. The lowest BCUT2D eigenvalue weighted by atomic mass is 9.82. The summed E-state index contributed by atoms with van der Waals surface area (Å²) in [5.74, 6) is 0.259. The van der Waals surface area contributed by atoms with Crippen molar-refractivity contribution in [3.8, 4) is 22.3 Å². The summed E-state index contributed by atoms with van der Waals surface area (Å²) in [6.07, 6.45) is 9.56. The molecule has 1 aliphatic carbocycles. The second-order valence-corrected chi connectivity index (χ2v) is 11.9. The van der Waals surface area contributed by atoms with Crippen molar-refractivity contribution in [2.24, 2.45) is 0 Å². The van der Waals surface area contributed by atoms with Gasteiger partial charge in [0.25, 0.3) is 0 Å². The molecule has 0 N–H and O–H groups in total. The Balaban J connectivity index is 1.26. The van der Waals surface area contributed by atoms with Crippen LogP contribution in [-0.4, -0.2) is 4.98 Å². The van der Waals surface area contributed by atoms with Crippen LogP contribution in [0, 0.1) is 0 Å². The molecule has 212 valence electrons. The molecular formula is C43H30N2. The van der Waals surface area contributed by atoms with E-state index in [1.54, 1.807) is 0 Å². The summed E-state index contributed by atoms with van der Waals surface area (Å²) in [5, 5.41) is 5.12. The number of aromatic nitrogens is 1. The molecule has 1 aliphatic heterocycles. The first-order valence-corrected chi connectivity index (χ1v) is 15.6. The molecule has 1 atom stereocenters. The molecule has 1 aromatic heterocycles. The number of para-hydroxylation sites is 1. The molecule has 2 nitrogen and oxygen atoms in total. The molecule has 2 heterocycles. The second kappa shape index (κ2) is 10.5. The van der Waals surface area contributed by atoms with Gasteiger partial charge in [-0.3, -0.25) is 4.98 Å². The van der Waals surface area contributed by atoms with E-state index in [0.29, 0.717) is 0 Å². The van der Waals surface area contributed by atoms with Crippen molar-refractivity contribution in [3.63, 3.8) is 0 Å². The predicted molar refractivity (Wildman–Crippen MR) is 189 cm³/mol. The number of nitrogens with zero attached hydrogens (tertiary/aromatic N) is 2. The van der Waals surface area contributed by atoms with Crippen LogP contribution in [0.3, 0.4) is 0 Å². The number of anilines is 2. The van der Waals surface area contributed by atoms with Gasteiger partial charge in [-0.1, -0.05) is 121 Å². The van der Waals surface area contributed by atoms with E-state index in [4.69, 9.17) is 0 Å². The Labute approximate surface area is 263 Å². The Morgan fingerprint density at radius 3 is 1.82 bits per heavy atom. The highest BCUT2D eigenvalue weighted by atomic mass is 15.2. The molecule has 1 unspecified atom stereocenters. The van der Waals surface area contributed by atoms with Crippen LogP contribution in [0.4, 0.5) is 11.4 Å². The lowest BCUT2D eigenvalue weighted by Crippen LogP contribution is -2.15. The van der Waals surface area contributed by atoms with Crippen LogP contribution in [0.5, 0.6) is 0 Å². The van der Waals surface area contributed by atoms with Crippen molar-refractivity contribution in [3.05, 3.63) is 181 Å². The first-order chi connectivity index (χ1) is 22.3. The van der Waals surface area contributed by atoms with Gasteiger partial charge in [-0.05, 0) is 91.7 Å². The Bertz CT molecular complexity index is 2280. The molecule has 0 fully saturated rings. The minimum atomic E-state index is 0.259. The Hall–Kier alpha value is -5.73. The van der Waals surface area contributed by atoms with Crippen LogP contribution in [0.2, 0.25) is 0 Å². The maximum atomic E-state index is 4.55. The summed E-state index contributed by atoms with van der Waals surface area (Å²) in [4.78, 5) is 6.96. The van der Waals surface area contributed by atoms with E-state index >= 15 is 0 Å². The van der Waals surface area contributed by atoms with Crippen LogP contribution in [0.1, 0.15) is 23.5 Å². The molecule has 0 bridgehead atoms. The molecule has 2 aliphatic rings. The number of benzene rings is 6.